The first-order valence-corrected chi connectivity index (χ1v) is 18.1. The van der Waals surface area contributed by atoms with Crippen LogP contribution in [0.4, 0.5) is 0 Å². The number of piperidine rings is 2. The first-order valence-electron chi connectivity index (χ1n) is 18.1. The minimum atomic E-state index is -0.502. The average Bonchev–Trinajstić information content (AvgIpc) is 3.82. The van der Waals surface area contributed by atoms with E-state index in [1.165, 1.54) is 5.56 Å². The lowest BCUT2D eigenvalue weighted by molar-refractivity contribution is -0.00175. The summed E-state index contributed by atoms with van der Waals surface area (Å²) in [6, 6.07) is 21.3. The van der Waals surface area contributed by atoms with E-state index < -0.39 is 5.60 Å². The number of carbonyl (C=O) groups excluding carboxylic acids is 2. The quantitative estimate of drug-likeness (QED) is 0.209. The number of amides is 1. The van der Waals surface area contributed by atoms with Crippen LogP contribution in [-0.4, -0.2) is 81.3 Å². The van der Waals surface area contributed by atoms with Gasteiger partial charge in [0.05, 0.1) is 35.4 Å². The number of rotatable bonds is 4. The number of H-pyrrole nitrogens is 1. The van der Waals surface area contributed by atoms with Crippen molar-refractivity contribution in [1.29, 1.82) is 0 Å². The van der Waals surface area contributed by atoms with Crippen molar-refractivity contribution in [3.05, 3.63) is 101 Å². The smallest absolute Gasteiger partial charge is 0.253 e. The minimum Gasteiger partial charge on any atom is -0.490 e. The largest absolute Gasteiger partial charge is 0.490 e. The standard InChI is InChI=1S/C26H27N3O4.C15H17N3O/c1-17(2)32-22-9-8-18(14-19(22)16-30)25(31)29-12-10-26(11-13-29)21-15-27-28(3)24(21)20-6-4-5-7-23(20)33-26;1-18-8-6-15(7-9-18)12-10-16-17-14(12)11-4-2-3-5-13(11)19-15/h4-9,14-17H,10-13H2,1-3H3;2-5,10H,6-9H2,1H3,(H,16,17). The summed E-state index contributed by atoms with van der Waals surface area (Å²) < 4.78 is 20.6. The van der Waals surface area contributed by atoms with Crippen molar-refractivity contribution in [1.82, 2.24) is 29.8 Å². The van der Waals surface area contributed by atoms with Crippen LogP contribution in [-0.2, 0) is 18.2 Å². The van der Waals surface area contributed by atoms with Gasteiger partial charge < -0.3 is 24.0 Å². The first-order chi connectivity index (χ1) is 25.2. The van der Waals surface area contributed by atoms with Crippen LogP contribution in [0.15, 0.2) is 79.1 Å². The van der Waals surface area contributed by atoms with E-state index >= 15 is 0 Å². The number of hydrogen-bond donors (Lipinski definition) is 1. The number of para-hydroxylation sites is 2. The molecule has 0 radical (unpaired) electrons. The van der Waals surface area contributed by atoms with E-state index in [2.05, 4.69) is 45.4 Å². The van der Waals surface area contributed by atoms with Crippen molar-refractivity contribution in [2.24, 2.45) is 7.05 Å². The summed E-state index contributed by atoms with van der Waals surface area (Å²) >= 11 is 0. The van der Waals surface area contributed by atoms with E-state index in [1.54, 1.807) is 18.2 Å². The zero-order valence-corrected chi connectivity index (χ0v) is 30.1. The Bertz CT molecular complexity index is 2120. The Morgan fingerprint density at radius 2 is 1.48 bits per heavy atom. The normalized spacial score (nSPS) is 17.8. The molecule has 268 valence electrons. The van der Waals surface area contributed by atoms with Crippen LogP contribution in [0.3, 0.4) is 0 Å². The molecule has 3 aromatic carbocycles. The maximum Gasteiger partial charge on any atom is 0.253 e. The highest BCUT2D eigenvalue weighted by atomic mass is 16.5. The third kappa shape index (κ3) is 5.82. The van der Waals surface area contributed by atoms with Crippen molar-refractivity contribution in [3.8, 4) is 39.8 Å². The van der Waals surface area contributed by atoms with Gasteiger partial charge in [0, 0.05) is 86.7 Å². The fourth-order valence-corrected chi connectivity index (χ4v) is 8.08. The summed E-state index contributed by atoms with van der Waals surface area (Å²) in [5.41, 5.74) is 6.85. The number of carbonyl (C=O) groups is 2. The molecule has 2 aromatic heterocycles. The zero-order chi connectivity index (χ0) is 36.0. The van der Waals surface area contributed by atoms with Crippen LogP contribution in [0.5, 0.6) is 17.2 Å². The number of aldehydes is 1. The molecular formula is C41H44N6O5. The lowest BCUT2D eigenvalue weighted by Gasteiger charge is -2.44. The molecule has 11 nitrogen and oxygen atoms in total. The minimum absolute atomic E-state index is 0.0541. The molecule has 2 spiro atoms. The van der Waals surface area contributed by atoms with Gasteiger partial charge in [0.2, 0.25) is 0 Å². The Morgan fingerprint density at radius 1 is 0.846 bits per heavy atom. The van der Waals surface area contributed by atoms with Crippen molar-refractivity contribution < 1.29 is 23.8 Å². The molecule has 9 rings (SSSR count). The number of aromatic nitrogens is 4. The number of hydrogen-bond acceptors (Lipinski definition) is 8. The Labute approximate surface area is 303 Å². The van der Waals surface area contributed by atoms with Crippen molar-refractivity contribution in [2.75, 3.05) is 33.2 Å². The molecule has 2 saturated heterocycles. The monoisotopic (exact) mass is 700 g/mol. The Kier molecular flexibility index (Phi) is 8.61. The molecule has 0 bridgehead atoms. The van der Waals surface area contributed by atoms with Crippen LogP contribution >= 0.6 is 0 Å². The number of ether oxygens (including phenoxy) is 3. The lowest BCUT2D eigenvalue weighted by atomic mass is 9.81. The maximum atomic E-state index is 13.2. The van der Waals surface area contributed by atoms with Crippen LogP contribution < -0.4 is 14.2 Å². The molecule has 11 heteroatoms. The molecule has 0 atom stereocenters. The molecule has 1 amide bonds. The highest BCUT2D eigenvalue weighted by molar-refractivity contribution is 5.96. The summed E-state index contributed by atoms with van der Waals surface area (Å²) in [5.74, 6) is 2.23. The van der Waals surface area contributed by atoms with Gasteiger partial charge in [0.25, 0.3) is 5.91 Å². The summed E-state index contributed by atoms with van der Waals surface area (Å²) in [4.78, 5) is 29.0. The van der Waals surface area contributed by atoms with E-state index in [0.717, 1.165) is 71.8 Å². The van der Waals surface area contributed by atoms with E-state index in [1.807, 2.05) is 73.2 Å². The highest BCUT2D eigenvalue weighted by Crippen LogP contribution is 2.50. The summed E-state index contributed by atoms with van der Waals surface area (Å²) in [5, 5.41) is 11.9. The van der Waals surface area contributed by atoms with E-state index in [0.29, 0.717) is 42.8 Å². The molecule has 52 heavy (non-hydrogen) atoms. The fraction of sp³-hybridized carbons (Fsp3) is 0.366. The molecule has 4 aliphatic rings. The topological polar surface area (TPSA) is 115 Å². The molecule has 2 fully saturated rings. The van der Waals surface area contributed by atoms with Gasteiger partial charge in [-0.1, -0.05) is 24.3 Å². The average molecular weight is 701 g/mol. The van der Waals surface area contributed by atoms with Crippen molar-refractivity contribution in [2.45, 2.75) is 56.8 Å². The zero-order valence-electron chi connectivity index (χ0n) is 30.1. The van der Waals surface area contributed by atoms with Gasteiger partial charge in [0.15, 0.2) is 6.29 Å². The molecule has 4 aliphatic heterocycles. The number of nitrogens with zero attached hydrogens (tertiary/aromatic N) is 5. The summed E-state index contributed by atoms with van der Waals surface area (Å²) in [7, 11) is 4.12. The Balaban J connectivity index is 0.000000171. The predicted molar refractivity (Wildman–Crippen MR) is 197 cm³/mol. The van der Waals surface area contributed by atoms with Gasteiger partial charge in [-0.3, -0.25) is 19.4 Å². The number of benzene rings is 3. The third-order valence-electron chi connectivity index (χ3n) is 10.9. The Morgan fingerprint density at radius 3 is 2.17 bits per heavy atom. The number of nitrogens with one attached hydrogen (secondary N) is 1. The van der Waals surface area contributed by atoms with Crippen molar-refractivity contribution >= 4 is 12.2 Å². The first kappa shape index (κ1) is 33.7. The Hall–Kier alpha value is -5.42. The maximum absolute atomic E-state index is 13.2. The molecular weight excluding hydrogens is 656 g/mol. The second-order valence-corrected chi connectivity index (χ2v) is 14.5. The summed E-state index contributed by atoms with van der Waals surface area (Å²) in [6.07, 6.45) is 7.89. The molecule has 0 saturated carbocycles. The molecule has 1 N–H and O–H groups in total. The van der Waals surface area contributed by atoms with Crippen LogP contribution in [0.2, 0.25) is 0 Å². The van der Waals surface area contributed by atoms with Gasteiger partial charge in [-0.15, -0.1) is 0 Å². The van der Waals surface area contributed by atoms with Gasteiger partial charge in [-0.2, -0.15) is 10.2 Å². The van der Waals surface area contributed by atoms with E-state index in [4.69, 9.17) is 14.2 Å². The highest BCUT2D eigenvalue weighted by Gasteiger charge is 2.46. The SMILES string of the molecule is CC(C)Oc1ccc(C(=O)N2CCC3(CC2)Oc2ccccc2-c2c3cnn2C)cc1C=O.CN1CCC2(CC1)Oc1ccccc1-c1[nH]ncc12. The van der Waals surface area contributed by atoms with Crippen molar-refractivity contribution in [3.63, 3.8) is 0 Å². The molecule has 5 aromatic rings. The van der Waals surface area contributed by atoms with E-state index in [9.17, 15) is 9.59 Å². The number of likely N-dealkylation sites (tertiary alicyclic amines) is 2. The predicted octanol–water partition coefficient (Wildman–Crippen LogP) is 6.60. The third-order valence-corrected chi connectivity index (χ3v) is 10.9. The number of aryl methyl sites for hydroxylation is 1. The van der Waals surface area contributed by atoms with Gasteiger partial charge in [-0.25, -0.2) is 0 Å². The lowest BCUT2D eigenvalue weighted by Crippen LogP contribution is -2.49. The molecule has 0 aliphatic carbocycles. The second kappa shape index (κ2) is 13.3. The molecule has 0 unspecified atom stereocenters. The fourth-order valence-electron chi connectivity index (χ4n) is 8.08. The van der Waals surface area contributed by atoms with Crippen LogP contribution in [0.25, 0.3) is 22.5 Å². The van der Waals surface area contributed by atoms with Crippen LogP contribution in [0, 0.1) is 0 Å². The molecule has 6 heterocycles. The van der Waals surface area contributed by atoms with Gasteiger partial charge in [-0.05, 0) is 63.4 Å². The second-order valence-electron chi connectivity index (χ2n) is 14.5. The number of aromatic amines is 1. The van der Waals surface area contributed by atoms with Crippen LogP contribution in [0.1, 0.15) is 71.4 Å². The van der Waals surface area contributed by atoms with Gasteiger partial charge in [0.1, 0.15) is 28.5 Å². The summed E-state index contributed by atoms with van der Waals surface area (Å²) in [6.45, 7) is 7.03. The number of fused-ring (bicyclic) bond motifs is 8. The van der Waals surface area contributed by atoms with E-state index in [-0.39, 0.29) is 17.6 Å². The van der Waals surface area contributed by atoms with Gasteiger partial charge >= 0.3 is 0 Å².